The lowest BCUT2D eigenvalue weighted by Gasteiger charge is -2.32. The zero-order valence-electron chi connectivity index (χ0n) is 16.3. The van der Waals surface area contributed by atoms with Crippen molar-refractivity contribution < 1.29 is 14.1 Å². The van der Waals surface area contributed by atoms with Gasteiger partial charge in [-0.25, -0.2) is 4.98 Å². The summed E-state index contributed by atoms with van der Waals surface area (Å²) in [5.41, 5.74) is 1.60. The van der Waals surface area contributed by atoms with Gasteiger partial charge < -0.3 is 14.2 Å². The molecule has 150 valence electrons. The van der Waals surface area contributed by atoms with E-state index in [1.54, 1.807) is 18.6 Å². The second-order valence-corrected chi connectivity index (χ2v) is 7.21. The van der Waals surface area contributed by atoms with Crippen LogP contribution in [-0.2, 0) is 11.2 Å². The number of ether oxygens (including phenoxy) is 1. The van der Waals surface area contributed by atoms with Crippen molar-refractivity contribution >= 4 is 5.91 Å². The maximum Gasteiger partial charge on any atom is 0.260 e. The molecule has 1 atom stereocenters. The summed E-state index contributed by atoms with van der Waals surface area (Å²) in [4.78, 5) is 27.1. The number of rotatable bonds is 6. The average molecular weight is 393 g/mol. The van der Waals surface area contributed by atoms with E-state index in [1.807, 2.05) is 36.1 Å². The molecule has 1 aliphatic rings. The van der Waals surface area contributed by atoms with Crippen LogP contribution in [0.4, 0.5) is 0 Å². The number of piperidine rings is 1. The van der Waals surface area contributed by atoms with Gasteiger partial charge in [-0.1, -0.05) is 23.4 Å². The van der Waals surface area contributed by atoms with E-state index in [1.165, 1.54) is 0 Å². The number of carbonyl (C=O) groups is 1. The first kappa shape index (κ1) is 19.0. The van der Waals surface area contributed by atoms with Crippen molar-refractivity contribution in [3.8, 4) is 17.3 Å². The molecule has 8 heteroatoms. The van der Waals surface area contributed by atoms with Gasteiger partial charge in [-0.05, 0) is 37.3 Å². The standard InChI is InChI=1S/C21H23N5O3/c1-15-5-2-3-7-18(15)28-14-20(27)26-10-4-6-16(13-26)11-19-24-21(25-29-19)17-12-22-8-9-23-17/h2-3,5,7-9,12,16H,4,6,10-11,13-14H2,1H3/t16-/m1/s1. The lowest BCUT2D eigenvalue weighted by molar-refractivity contribution is -0.135. The second kappa shape index (κ2) is 8.81. The molecule has 1 aromatic carbocycles. The zero-order chi connectivity index (χ0) is 20.1. The number of hydrogen-bond donors (Lipinski definition) is 0. The Labute approximate surface area is 168 Å². The third-order valence-corrected chi connectivity index (χ3v) is 5.04. The molecule has 2 aromatic heterocycles. The molecule has 0 N–H and O–H groups in total. The van der Waals surface area contributed by atoms with Gasteiger partial charge in [0, 0.05) is 31.9 Å². The first-order valence-corrected chi connectivity index (χ1v) is 9.74. The highest BCUT2D eigenvalue weighted by atomic mass is 16.5. The van der Waals surface area contributed by atoms with Crippen LogP contribution in [0, 0.1) is 12.8 Å². The summed E-state index contributed by atoms with van der Waals surface area (Å²) in [6.45, 7) is 3.44. The SMILES string of the molecule is Cc1ccccc1OCC(=O)N1CCC[C@H](Cc2nc(-c3cnccn3)no2)C1. The van der Waals surface area contributed by atoms with Gasteiger partial charge in [0.05, 0.1) is 6.20 Å². The van der Waals surface area contributed by atoms with E-state index >= 15 is 0 Å². The van der Waals surface area contributed by atoms with Crippen LogP contribution in [0.3, 0.4) is 0 Å². The van der Waals surface area contributed by atoms with Crippen LogP contribution in [0.5, 0.6) is 5.75 Å². The molecule has 1 fully saturated rings. The lowest BCUT2D eigenvalue weighted by atomic mass is 9.95. The van der Waals surface area contributed by atoms with Gasteiger partial charge in [0.1, 0.15) is 11.4 Å². The number of amides is 1. The molecule has 3 heterocycles. The number of carbonyl (C=O) groups excluding carboxylic acids is 1. The smallest absolute Gasteiger partial charge is 0.260 e. The Hall–Kier alpha value is -3.29. The lowest BCUT2D eigenvalue weighted by Crippen LogP contribution is -2.42. The summed E-state index contributed by atoms with van der Waals surface area (Å²) >= 11 is 0. The van der Waals surface area contributed by atoms with Crippen LogP contribution in [0.2, 0.25) is 0 Å². The number of aromatic nitrogens is 4. The van der Waals surface area contributed by atoms with Crippen LogP contribution < -0.4 is 4.74 Å². The van der Waals surface area contributed by atoms with E-state index in [2.05, 4.69) is 20.1 Å². The van der Waals surface area contributed by atoms with Gasteiger partial charge in [-0.15, -0.1) is 0 Å². The van der Waals surface area contributed by atoms with Crippen molar-refractivity contribution in [3.63, 3.8) is 0 Å². The molecule has 1 aliphatic heterocycles. The van der Waals surface area contributed by atoms with E-state index in [0.29, 0.717) is 30.4 Å². The maximum atomic E-state index is 12.6. The summed E-state index contributed by atoms with van der Waals surface area (Å²) < 4.78 is 11.1. The first-order valence-electron chi connectivity index (χ1n) is 9.74. The molecule has 1 saturated heterocycles. The molecule has 8 nitrogen and oxygen atoms in total. The Balaban J connectivity index is 1.32. The number of aryl methyl sites for hydroxylation is 1. The van der Waals surface area contributed by atoms with Crippen molar-refractivity contribution in [2.45, 2.75) is 26.2 Å². The summed E-state index contributed by atoms with van der Waals surface area (Å²) in [5, 5.41) is 3.99. The second-order valence-electron chi connectivity index (χ2n) is 7.21. The Morgan fingerprint density at radius 1 is 1.31 bits per heavy atom. The minimum absolute atomic E-state index is 0.00345. The predicted octanol–water partition coefficient (Wildman–Crippen LogP) is 2.70. The fraction of sp³-hybridized carbons (Fsp3) is 0.381. The molecular weight excluding hydrogens is 370 g/mol. The molecule has 0 radical (unpaired) electrons. The van der Waals surface area contributed by atoms with Crippen molar-refractivity contribution in [1.29, 1.82) is 0 Å². The minimum atomic E-state index is 0.00345. The molecule has 3 aromatic rings. The van der Waals surface area contributed by atoms with Gasteiger partial charge in [-0.2, -0.15) is 4.98 Å². The quantitative estimate of drug-likeness (QED) is 0.635. The molecule has 1 amide bonds. The summed E-state index contributed by atoms with van der Waals surface area (Å²) in [7, 11) is 0. The maximum absolute atomic E-state index is 12.6. The van der Waals surface area contributed by atoms with Crippen molar-refractivity contribution in [1.82, 2.24) is 25.0 Å². The Morgan fingerprint density at radius 3 is 3.03 bits per heavy atom. The van der Waals surface area contributed by atoms with E-state index in [4.69, 9.17) is 9.26 Å². The molecular formula is C21H23N5O3. The average Bonchev–Trinajstić information content (AvgIpc) is 3.22. The molecule has 0 saturated carbocycles. The fourth-order valence-corrected chi connectivity index (χ4v) is 3.51. The van der Waals surface area contributed by atoms with E-state index < -0.39 is 0 Å². The fourth-order valence-electron chi connectivity index (χ4n) is 3.51. The highest BCUT2D eigenvalue weighted by Crippen LogP contribution is 2.22. The molecule has 0 unspecified atom stereocenters. The summed E-state index contributed by atoms with van der Waals surface area (Å²) in [6.07, 6.45) is 7.40. The Kier molecular flexibility index (Phi) is 5.79. The van der Waals surface area contributed by atoms with Crippen molar-refractivity contribution in [2.24, 2.45) is 5.92 Å². The van der Waals surface area contributed by atoms with Crippen LogP contribution in [0.25, 0.3) is 11.5 Å². The minimum Gasteiger partial charge on any atom is -0.484 e. The van der Waals surface area contributed by atoms with Crippen molar-refractivity contribution in [3.05, 3.63) is 54.3 Å². The normalized spacial score (nSPS) is 16.6. The third-order valence-electron chi connectivity index (χ3n) is 5.04. The zero-order valence-corrected chi connectivity index (χ0v) is 16.3. The number of para-hydroxylation sites is 1. The molecule has 4 rings (SSSR count). The van der Waals surface area contributed by atoms with E-state index in [0.717, 1.165) is 30.7 Å². The van der Waals surface area contributed by atoms with Gasteiger partial charge in [0.2, 0.25) is 11.7 Å². The van der Waals surface area contributed by atoms with Gasteiger partial charge in [-0.3, -0.25) is 9.78 Å². The number of benzene rings is 1. The highest BCUT2D eigenvalue weighted by Gasteiger charge is 2.26. The largest absolute Gasteiger partial charge is 0.484 e. The van der Waals surface area contributed by atoms with Crippen molar-refractivity contribution in [2.75, 3.05) is 19.7 Å². The van der Waals surface area contributed by atoms with E-state index in [9.17, 15) is 4.79 Å². The van der Waals surface area contributed by atoms with Gasteiger partial charge in [0.25, 0.3) is 5.91 Å². The highest BCUT2D eigenvalue weighted by molar-refractivity contribution is 5.78. The number of hydrogen-bond acceptors (Lipinski definition) is 7. The van der Waals surface area contributed by atoms with Crippen LogP contribution in [0.15, 0.2) is 47.4 Å². The topological polar surface area (TPSA) is 94.2 Å². The Bertz CT molecular complexity index is 960. The van der Waals surface area contributed by atoms with Crippen LogP contribution >= 0.6 is 0 Å². The summed E-state index contributed by atoms with van der Waals surface area (Å²) in [5.74, 6) is 2.02. The molecule has 0 bridgehead atoms. The molecule has 0 aliphatic carbocycles. The van der Waals surface area contributed by atoms with Gasteiger partial charge in [0.15, 0.2) is 6.61 Å². The monoisotopic (exact) mass is 393 g/mol. The molecule has 0 spiro atoms. The third kappa shape index (κ3) is 4.77. The number of nitrogens with zero attached hydrogens (tertiary/aromatic N) is 5. The number of likely N-dealkylation sites (tertiary alicyclic amines) is 1. The van der Waals surface area contributed by atoms with E-state index in [-0.39, 0.29) is 18.4 Å². The van der Waals surface area contributed by atoms with Crippen LogP contribution in [0.1, 0.15) is 24.3 Å². The predicted molar refractivity (Wildman–Crippen MR) is 105 cm³/mol. The summed E-state index contributed by atoms with van der Waals surface area (Å²) in [6, 6.07) is 7.71. The first-order chi connectivity index (χ1) is 14.2. The van der Waals surface area contributed by atoms with Gasteiger partial charge >= 0.3 is 0 Å². The molecule has 29 heavy (non-hydrogen) atoms. The van der Waals surface area contributed by atoms with Crippen LogP contribution in [-0.4, -0.2) is 50.6 Å². The Morgan fingerprint density at radius 2 is 2.21 bits per heavy atom.